The average Bonchev–Trinajstić information content (AvgIpc) is 3.25. The molecule has 0 unspecified atom stereocenters. The number of benzene rings is 5. The zero-order valence-corrected chi connectivity index (χ0v) is 22.6. The van der Waals surface area contributed by atoms with E-state index in [9.17, 15) is 0 Å². The SMILES string of the molecule is [U+2].[c-]1ccccc1-c1[c-]cc2c(c1)N1B(c3ccccc3-c3ccccc31)N2c1ccccc1. The van der Waals surface area contributed by atoms with Gasteiger partial charge in [-0.1, -0.05) is 60.7 Å². The summed E-state index contributed by atoms with van der Waals surface area (Å²) in [5.41, 5.74) is 10.7. The summed E-state index contributed by atoms with van der Waals surface area (Å²) in [7, 11) is 0. The van der Waals surface area contributed by atoms with E-state index in [1.165, 1.54) is 33.7 Å². The van der Waals surface area contributed by atoms with Crippen molar-refractivity contribution in [3.8, 4) is 22.3 Å². The van der Waals surface area contributed by atoms with Gasteiger partial charge in [-0.3, -0.25) is 0 Å². The molecule has 34 heavy (non-hydrogen) atoms. The van der Waals surface area contributed by atoms with Gasteiger partial charge < -0.3 is 9.62 Å². The Kier molecular flexibility index (Phi) is 5.37. The van der Waals surface area contributed by atoms with Crippen molar-refractivity contribution in [1.29, 1.82) is 0 Å². The van der Waals surface area contributed by atoms with Crippen molar-refractivity contribution in [2.45, 2.75) is 0 Å². The number of nitrogens with zero attached hydrogens (tertiary/aromatic N) is 2. The van der Waals surface area contributed by atoms with Crippen LogP contribution in [-0.2, 0) is 0 Å². The smallest absolute Gasteiger partial charge is 0.402 e. The second-order valence-electron chi connectivity index (χ2n) is 8.45. The van der Waals surface area contributed by atoms with Gasteiger partial charge in [-0.25, -0.2) is 11.1 Å². The number of anilines is 4. The monoisotopic (exact) mass is 656 g/mol. The van der Waals surface area contributed by atoms with E-state index in [4.69, 9.17) is 0 Å². The second-order valence-corrected chi connectivity index (χ2v) is 8.45. The van der Waals surface area contributed by atoms with Crippen LogP contribution in [0.2, 0.25) is 0 Å². The van der Waals surface area contributed by atoms with Gasteiger partial charge in [0.1, 0.15) is 0 Å². The first-order chi connectivity index (χ1) is 16.4. The van der Waals surface area contributed by atoms with E-state index in [0.717, 1.165) is 16.8 Å². The van der Waals surface area contributed by atoms with Crippen molar-refractivity contribution in [1.82, 2.24) is 0 Å². The molecule has 7 rings (SSSR count). The molecule has 0 saturated carbocycles. The third-order valence-corrected chi connectivity index (χ3v) is 6.64. The van der Waals surface area contributed by atoms with E-state index >= 15 is 0 Å². The summed E-state index contributed by atoms with van der Waals surface area (Å²) in [6, 6.07) is 47.6. The normalized spacial score (nSPS) is 12.9. The van der Waals surface area contributed by atoms with Crippen LogP contribution < -0.4 is 15.1 Å². The zero-order valence-electron chi connectivity index (χ0n) is 18.4. The van der Waals surface area contributed by atoms with Gasteiger partial charge in [0.15, 0.2) is 0 Å². The summed E-state index contributed by atoms with van der Waals surface area (Å²) in [5.74, 6) is 0. The minimum absolute atomic E-state index is 0. The van der Waals surface area contributed by atoms with Crippen LogP contribution >= 0.6 is 0 Å². The molecule has 156 valence electrons. The standard InChI is InChI=1S/C30H19BN2.U/c1-3-11-22(12-4-1)23-19-20-29-30(21-23)33-28-18-10-8-16-26(28)25-15-7-9-17-27(25)31(33)32(29)24-13-5-2-6-14-24;/h1-11,13-18,20-21H;/q-2;+2. The van der Waals surface area contributed by atoms with E-state index in [1.807, 2.05) is 12.1 Å². The fraction of sp³-hybridized carbons (Fsp3) is 0. The van der Waals surface area contributed by atoms with Gasteiger partial charge in [0.25, 0.3) is 0 Å². The maximum absolute atomic E-state index is 3.54. The van der Waals surface area contributed by atoms with Crippen molar-refractivity contribution in [2.75, 3.05) is 9.62 Å². The maximum atomic E-state index is 3.54. The molecule has 2 aliphatic heterocycles. The quantitative estimate of drug-likeness (QED) is 0.156. The molecule has 0 aromatic heterocycles. The van der Waals surface area contributed by atoms with E-state index in [2.05, 4.69) is 125 Å². The Morgan fingerprint density at radius 3 is 2.12 bits per heavy atom. The van der Waals surface area contributed by atoms with Gasteiger partial charge in [-0.15, -0.1) is 12.1 Å². The van der Waals surface area contributed by atoms with Crippen molar-refractivity contribution in [2.24, 2.45) is 0 Å². The molecule has 0 N–H and O–H groups in total. The Bertz CT molecular complexity index is 1490. The predicted molar refractivity (Wildman–Crippen MR) is 138 cm³/mol. The predicted octanol–water partition coefficient (Wildman–Crippen LogP) is 6.62. The Morgan fingerprint density at radius 1 is 0.559 bits per heavy atom. The molecule has 5 aromatic rings. The zero-order chi connectivity index (χ0) is 21.8. The Morgan fingerprint density at radius 2 is 1.29 bits per heavy atom. The fourth-order valence-corrected chi connectivity index (χ4v) is 5.24. The first-order valence-corrected chi connectivity index (χ1v) is 11.2. The Balaban J connectivity index is 0.00000217. The molecular formula is C30H19BN2U. The van der Waals surface area contributed by atoms with E-state index in [0.29, 0.717) is 0 Å². The largest absolute Gasteiger partial charge is 2.00 e. The second kappa shape index (κ2) is 8.55. The van der Waals surface area contributed by atoms with E-state index in [1.54, 1.807) is 0 Å². The van der Waals surface area contributed by atoms with Crippen molar-refractivity contribution >= 4 is 35.2 Å². The molecule has 0 aliphatic carbocycles. The molecule has 4 heteroatoms. The topological polar surface area (TPSA) is 6.48 Å². The molecule has 0 atom stereocenters. The van der Waals surface area contributed by atoms with Crippen LogP contribution in [0.5, 0.6) is 0 Å². The van der Waals surface area contributed by atoms with Crippen molar-refractivity contribution in [3.63, 3.8) is 0 Å². The molecule has 2 heterocycles. The van der Waals surface area contributed by atoms with Crippen LogP contribution in [0, 0.1) is 43.2 Å². The van der Waals surface area contributed by atoms with E-state index in [-0.39, 0.29) is 38.1 Å². The number of hydrogen-bond donors (Lipinski definition) is 0. The van der Waals surface area contributed by atoms with Gasteiger partial charge in [0.05, 0.1) is 0 Å². The third kappa shape index (κ3) is 3.17. The van der Waals surface area contributed by atoms with Gasteiger partial charge in [0, 0.05) is 16.9 Å². The molecule has 0 spiro atoms. The van der Waals surface area contributed by atoms with Crippen molar-refractivity contribution in [3.05, 3.63) is 127 Å². The van der Waals surface area contributed by atoms with Crippen molar-refractivity contribution < 1.29 is 31.1 Å². The summed E-state index contributed by atoms with van der Waals surface area (Å²) in [4.78, 5) is 4.93. The minimum atomic E-state index is 0. The molecule has 0 radical (unpaired) electrons. The van der Waals surface area contributed by atoms with Crippen LogP contribution in [0.15, 0.2) is 115 Å². The molecule has 2 nitrogen and oxygen atoms in total. The molecule has 5 aromatic carbocycles. The maximum Gasteiger partial charge on any atom is 2.00 e. The van der Waals surface area contributed by atoms with Crippen LogP contribution in [0.3, 0.4) is 0 Å². The average molecular weight is 656 g/mol. The first kappa shape index (κ1) is 21.4. The number of hydrogen-bond acceptors (Lipinski definition) is 2. The summed E-state index contributed by atoms with van der Waals surface area (Å²) >= 11 is 0. The molecule has 0 fully saturated rings. The van der Waals surface area contributed by atoms with Gasteiger partial charge in [0.2, 0.25) is 0 Å². The van der Waals surface area contributed by atoms with Crippen LogP contribution in [0.1, 0.15) is 0 Å². The fourth-order valence-electron chi connectivity index (χ4n) is 5.24. The number of fused-ring (bicyclic) bond motifs is 8. The molecule has 0 amide bonds. The molecule has 2 aliphatic rings. The van der Waals surface area contributed by atoms with Gasteiger partial charge in [-0.05, 0) is 40.6 Å². The van der Waals surface area contributed by atoms with Crippen LogP contribution in [0.25, 0.3) is 22.3 Å². The number of rotatable bonds is 2. The van der Waals surface area contributed by atoms with Crippen LogP contribution in [0.4, 0.5) is 22.7 Å². The Hall–Kier alpha value is -3.18. The summed E-state index contributed by atoms with van der Waals surface area (Å²) < 4.78 is 0. The third-order valence-electron chi connectivity index (χ3n) is 6.64. The summed E-state index contributed by atoms with van der Waals surface area (Å²) in [6.45, 7) is 0.0388. The molecule has 0 saturated heterocycles. The number of para-hydroxylation sites is 2. The molecular weight excluding hydrogens is 637 g/mol. The summed E-state index contributed by atoms with van der Waals surface area (Å²) in [5, 5.41) is 0. The summed E-state index contributed by atoms with van der Waals surface area (Å²) in [6.07, 6.45) is 0. The minimum Gasteiger partial charge on any atom is -0.402 e. The van der Waals surface area contributed by atoms with Gasteiger partial charge in [-0.2, -0.15) is 36.4 Å². The molecule has 0 bridgehead atoms. The first-order valence-electron chi connectivity index (χ1n) is 11.2. The van der Waals surface area contributed by atoms with Crippen LogP contribution in [-0.4, -0.2) is 6.98 Å². The Labute approximate surface area is 224 Å². The van der Waals surface area contributed by atoms with Gasteiger partial charge >= 0.3 is 38.1 Å². The van der Waals surface area contributed by atoms with E-state index < -0.39 is 0 Å².